The number of nitrogens with zero attached hydrogens (tertiary/aromatic N) is 1. The molecule has 1 fully saturated rings. The van der Waals surface area contributed by atoms with Crippen LogP contribution >= 0.6 is 15.9 Å². The van der Waals surface area contributed by atoms with Gasteiger partial charge >= 0.3 is 0 Å². The monoisotopic (exact) mass is 326 g/mol. The molecule has 0 saturated carbocycles. The molecular weight excluding hydrogens is 308 g/mol. The molecule has 0 spiro atoms. The van der Waals surface area contributed by atoms with E-state index in [1.54, 1.807) is 17.9 Å². The Morgan fingerprint density at radius 3 is 2.84 bits per heavy atom. The van der Waals surface area contributed by atoms with Gasteiger partial charge in [-0.05, 0) is 38.0 Å². The van der Waals surface area contributed by atoms with Crippen LogP contribution in [0.25, 0.3) is 0 Å². The summed E-state index contributed by atoms with van der Waals surface area (Å²) in [5.74, 6) is 0.169. The summed E-state index contributed by atoms with van der Waals surface area (Å²) in [6.45, 7) is 4.95. The van der Waals surface area contributed by atoms with E-state index in [-0.39, 0.29) is 17.9 Å². The van der Waals surface area contributed by atoms with Crippen LogP contribution < -0.4 is 5.73 Å². The van der Waals surface area contributed by atoms with Crippen molar-refractivity contribution < 1.29 is 9.90 Å². The Kier molecular flexibility index (Phi) is 4.16. The first-order valence-corrected chi connectivity index (χ1v) is 7.22. The lowest BCUT2D eigenvalue weighted by Gasteiger charge is -2.19. The third-order valence-electron chi connectivity index (χ3n) is 3.84. The third kappa shape index (κ3) is 2.92. The Bertz CT molecular complexity index is 502. The first-order valence-electron chi connectivity index (χ1n) is 6.43. The molecule has 4 nitrogen and oxygen atoms in total. The number of nitrogens with two attached hydrogens (primary N) is 1. The van der Waals surface area contributed by atoms with E-state index in [1.807, 2.05) is 13.0 Å². The highest BCUT2D eigenvalue weighted by Crippen LogP contribution is 2.27. The minimum Gasteiger partial charge on any atom is -0.398 e. The molecule has 0 bridgehead atoms. The zero-order valence-electron chi connectivity index (χ0n) is 11.2. The molecule has 2 atom stereocenters. The Hall–Kier alpha value is -1.07. The van der Waals surface area contributed by atoms with Gasteiger partial charge in [0, 0.05) is 34.7 Å². The second-order valence-electron chi connectivity index (χ2n) is 5.21. The summed E-state index contributed by atoms with van der Waals surface area (Å²) in [5, 5.41) is 9.60. The predicted octanol–water partition coefficient (Wildman–Crippen LogP) is 2.18. The molecule has 0 aromatic heterocycles. The van der Waals surface area contributed by atoms with Gasteiger partial charge in [0.2, 0.25) is 0 Å². The highest BCUT2D eigenvalue weighted by molar-refractivity contribution is 9.10. The van der Waals surface area contributed by atoms with Crippen LogP contribution in [0.2, 0.25) is 0 Å². The van der Waals surface area contributed by atoms with Gasteiger partial charge in [0.25, 0.3) is 5.91 Å². The van der Waals surface area contributed by atoms with Crippen molar-refractivity contribution in [1.82, 2.24) is 4.90 Å². The lowest BCUT2D eigenvalue weighted by Crippen LogP contribution is -2.31. The van der Waals surface area contributed by atoms with Crippen molar-refractivity contribution in [2.75, 3.05) is 18.8 Å². The Morgan fingerprint density at radius 2 is 2.26 bits per heavy atom. The van der Waals surface area contributed by atoms with E-state index in [2.05, 4.69) is 15.9 Å². The number of aliphatic hydroxyl groups is 1. The zero-order valence-corrected chi connectivity index (χ0v) is 12.8. The second kappa shape index (κ2) is 5.51. The van der Waals surface area contributed by atoms with Crippen molar-refractivity contribution in [3.8, 4) is 0 Å². The quantitative estimate of drug-likeness (QED) is 0.818. The maximum absolute atomic E-state index is 12.5. The normalized spacial score (nSPS) is 20.6. The summed E-state index contributed by atoms with van der Waals surface area (Å²) >= 11 is 3.37. The van der Waals surface area contributed by atoms with Gasteiger partial charge in [0.15, 0.2) is 0 Å². The Labute approximate surface area is 121 Å². The maximum atomic E-state index is 12.5. The van der Waals surface area contributed by atoms with E-state index in [9.17, 15) is 9.90 Å². The number of nitrogen functional groups attached to an aromatic ring is 1. The molecule has 1 aromatic rings. The topological polar surface area (TPSA) is 66.6 Å². The molecule has 1 aliphatic heterocycles. The summed E-state index contributed by atoms with van der Waals surface area (Å²) in [6, 6.07) is 3.61. The number of benzene rings is 1. The fourth-order valence-corrected chi connectivity index (χ4v) is 2.93. The molecule has 3 N–H and O–H groups in total. The van der Waals surface area contributed by atoms with Crippen molar-refractivity contribution >= 4 is 27.5 Å². The second-order valence-corrected chi connectivity index (χ2v) is 6.12. The van der Waals surface area contributed by atoms with Gasteiger partial charge in [-0.2, -0.15) is 0 Å². The molecule has 19 heavy (non-hydrogen) atoms. The van der Waals surface area contributed by atoms with Crippen LogP contribution in [0.15, 0.2) is 16.6 Å². The number of halogens is 1. The number of carbonyl (C=O) groups excluding carboxylic acids is 1. The molecule has 1 saturated heterocycles. The van der Waals surface area contributed by atoms with E-state index >= 15 is 0 Å². The molecule has 0 radical (unpaired) electrons. The molecule has 2 unspecified atom stereocenters. The van der Waals surface area contributed by atoms with Crippen LogP contribution in [-0.4, -0.2) is 35.1 Å². The average Bonchev–Trinajstić information content (AvgIpc) is 2.82. The molecule has 1 heterocycles. The van der Waals surface area contributed by atoms with E-state index in [0.717, 1.165) is 16.5 Å². The van der Waals surface area contributed by atoms with Crippen LogP contribution in [0.4, 0.5) is 5.69 Å². The van der Waals surface area contributed by atoms with E-state index in [4.69, 9.17) is 5.73 Å². The van der Waals surface area contributed by atoms with Crippen molar-refractivity contribution in [1.29, 1.82) is 0 Å². The lowest BCUT2D eigenvalue weighted by molar-refractivity contribution is 0.0761. The van der Waals surface area contributed by atoms with Crippen molar-refractivity contribution in [2.45, 2.75) is 26.4 Å². The van der Waals surface area contributed by atoms with Crippen molar-refractivity contribution in [2.24, 2.45) is 5.92 Å². The largest absolute Gasteiger partial charge is 0.398 e. The molecule has 1 amide bonds. The number of anilines is 1. The van der Waals surface area contributed by atoms with E-state index < -0.39 is 0 Å². The number of amides is 1. The molecule has 1 aromatic carbocycles. The van der Waals surface area contributed by atoms with Gasteiger partial charge in [-0.3, -0.25) is 4.79 Å². The number of hydrogen-bond donors (Lipinski definition) is 2. The van der Waals surface area contributed by atoms with Crippen molar-refractivity contribution in [3.63, 3.8) is 0 Å². The van der Waals surface area contributed by atoms with Gasteiger partial charge in [0.05, 0.1) is 6.10 Å². The first kappa shape index (κ1) is 14.3. The van der Waals surface area contributed by atoms with Crippen LogP contribution in [0.1, 0.15) is 29.3 Å². The van der Waals surface area contributed by atoms with Crippen LogP contribution in [-0.2, 0) is 0 Å². The van der Waals surface area contributed by atoms with Gasteiger partial charge in [0.1, 0.15) is 0 Å². The van der Waals surface area contributed by atoms with Gasteiger partial charge in [-0.25, -0.2) is 0 Å². The fourth-order valence-electron chi connectivity index (χ4n) is 2.46. The third-order valence-corrected chi connectivity index (χ3v) is 4.30. The number of carbonyl (C=O) groups is 1. The molecule has 104 valence electrons. The van der Waals surface area contributed by atoms with Crippen LogP contribution in [0.3, 0.4) is 0 Å². The van der Waals surface area contributed by atoms with E-state index in [0.29, 0.717) is 24.3 Å². The molecular formula is C14H19BrN2O2. The SMILES string of the molecule is Cc1c(N)cc(Br)cc1C(=O)N1CCC(C(C)O)C1. The Morgan fingerprint density at radius 1 is 1.58 bits per heavy atom. The van der Waals surface area contributed by atoms with Crippen LogP contribution in [0, 0.1) is 12.8 Å². The number of rotatable bonds is 2. The summed E-state index contributed by atoms with van der Waals surface area (Å²) in [6.07, 6.45) is 0.484. The van der Waals surface area contributed by atoms with E-state index in [1.165, 1.54) is 0 Å². The first-order chi connectivity index (χ1) is 8.90. The number of likely N-dealkylation sites (tertiary alicyclic amines) is 1. The minimum atomic E-state index is -0.369. The summed E-state index contributed by atoms with van der Waals surface area (Å²) in [4.78, 5) is 14.3. The molecule has 5 heteroatoms. The van der Waals surface area contributed by atoms with Gasteiger partial charge in [-0.15, -0.1) is 0 Å². The zero-order chi connectivity index (χ0) is 14.2. The molecule has 2 rings (SSSR count). The van der Waals surface area contributed by atoms with Crippen LogP contribution in [0.5, 0.6) is 0 Å². The maximum Gasteiger partial charge on any atom is 0.254 e. The Balaban J connectivity index is 2.22. The predicted molar refractivity (Wildman–Crippen MR) is 79.0 cm³/mol. The van der Waals surface area contributed by atoms with Gasteiger partial charge < -0.3 is 15.7 Å². The summed E-state index contributed by atoms with van der Waals surface area (Å²) in [5.41, 5.74) is 7.96. The summed E-state index contributed by atoms with van der Waals surface area (Å²) in [7, 11) is 0. The molecule has 1 aliphatic rings. The number of aliphatic hydroxyl groups excluding tert-OH is 1. The molecule has 0 aliphatic carbocycles. The average molecular weight is 327 g/mol. The highest BCUT2D eigenvalue weighted by Gasteiger charge is 2.30. The highest BCUT2D eigenvalue weighted by atomic mass is 79.9. The standard InChI is InChI=1S/C14H19BrN2O2/c1-8-12(5-11(15)6-13(8)16)14(19)17-4-3-10(7-17)9(2)18/h5-6,9-10,18H,3-4,7,16H2,1-2H3. The summed E-state index contributed by atoms with van der Waals surface area (Å²) < 4.78 is 0.810. The number of hydrogen-bond acceptors (Lipinski definition) is 3. The van der Waals surface area contributed by atoms with Crippen molar-refractivity contribution in [3.05, 3.63) is 27.7 Å². The van der Waals surface area contributed by atoms with Gasteiger partial charge in [-0.1, -0.05) is 15.9 Å². The fraction of sp³-hybridized carbons (Fsp3) is 0.500. The smallest absolute Gasteiger partial charge is 0.254 e. The lowest BCUT2D eigenvalue weighted by atomic mass is 10.0. The minimum absolute atomic E-state index is 0.00588.